The van der Waals surface area contributed by atoms with E-state index in [1.54, 1.807) is 0 Å². The number of hydrogen-bond acceptors (Lipinski definition) is 0. The SMILES string of the molecule is C/C=C\c1ccccc1/C(C)=C\C. The normalized spacial score (nSPS) is 12.4. The average Bonchev–Trinajstić information content (AvgIpc) is 2.18. The highest BCUT2D eigenvalue weighted by atomic mass is 14.0. The minimum Gasteiger partial charge on any atom is -0.0870 e. The smallest absolute Gasteiger partial charge is 0.0158 e. The maximum Gasteiger partial charge on any atom is -0.0158 e. The van der Waals surface area contributed by atoms with Crippen molar-refractivity contribution in [2.45, 2.75) is 20.8 Å². The Morgan fingerprint density at radius 3 is 2.46 bits per heavy atom. The Morgan fingerprint density at radius 2 is 1.85 bits per heavy atom. The van der Waals surface area contributed by atoms with Crippen molar-refractivity contribution >= 4 is 11.6 Å². The van der Waals surface area contributed by atoms with Gasteiger partial charge in [-0.05, 0) is 37.5 Å². The molecule has 0 amide bonds. The zero-order chi connectivity index (χ0) is 9.68. The van der Waals surface area contributed by atoms with Gasteiger partial charge in [-0.3, -0.25) is 0 Å². The molecule has 0 aliphatic rings. The van der Waals surface area contributed by atoms with Crippen LogP contribution in [0.25, 0.3) is 11.6 Å². The monoisotopic (exact) mass is 172 g/mol. The van der Waals surface area contributed by atoms with E-state index in [1.807, 2.05) is 6.92 Å². The molecule has 0 aromatic heterocycles. The van der Waals surface area contributed by atoms with E-state index in [0.29, 0.717) is 0 Å². The van der Waals surface area contributed by atoms with Gasteiger partial charge in [-0.15, -0.1) is 0 Å². The largest absolute Gasteiger partial charge is 0.0870 e. The molecule has 0 aliphatic carbocycles. The Kier molecular flexibility index (Phi) is 3.51. The molecule has 0 spiro atoms. The summed E-state index contributed by atoms with van der Waals surface area (Å²) in [6.07, 6.45) is 6.35. The van der Waals surface area contributed by atoms with Crippen LogP contribution in [0.1, 0.15) is 31.9 Å². The predicted molar refractivity (Wildman–Crippen MR) is 60.5 cm³/mol. The lowest BCUT2D eigenvalue weighted by Crippen LogP contribution is -1.83. The fraction of sp³-hybridized carbons (Fsp3) is 0.231. The summed E-state index contributed by atoms with van der Waals surface area (Å²) in [4.78, 5) is 0. The Morgan fingerprint density at radius 1 is 1.15 bits per heavy atom. The van der Waals surface area contributed by atoms with Gasteiger partial charge in [0.1, 0.15) is 0 Å². The van der Waals surface area contributed by atoms with Crippen LogP contribution in [0, 0.1) is 0 Å². The molecule has 0 saturated heterocycles. The van der Waals surface area contributed by atoms with Crippen molar-refractivity contribution in [1.82, 2.24) is 0 Å². The van der Waals surface area contributed by atoms with Crippen LogP contribution >= 0.6 is 0 Å². The lowest BCUT2D eigenvalue weighted by Gasteiger charge is -2.05. The van der Waals surface area contributed by atoms with E-state index in [9.17, 15) is 0 Å². The van der Waals surface area contributed by atoms with Gasteiger partial charge in [0.25, 0.3) is 0 Å². The Balaban J connectivity index is 3.19. The fourth-order valence-electron chi connectivity index (χ4n) is 1.34. The number of hydrogen-bond donors (Lipinski definition) is 0. The summed E-state index contributed by atoms with van der Waals surface area (Å²) in [7, 11) is 0. The van der Waals surface area contributed by atoms with Crippen molar-refractivity contribution in [3.05, 3.63) is 47.5 Å². The molecule has 1 aromatic carbocycles. The third-order valence-corrected chi connectivity index (χ3v) is 2.16. The first-order chi connectivity index (χ1) is 6.29. The van der Waals surface area contributed by atoms with Crippen LogP contribution in [0.3, 0.4) is 0 Å². The quantitative estimate of drug-likeness (QED) is 0.629. The predicted octanol–water partition coefficient (Wildman–Crippen LogP) is 4.14. The molecular formula is C13H16. The van der Waals surface area contributed by atoms with Crippen molar-refractivity contribution in [3.63, 3.8) is 0 Å². The third kappa shape index (κ3) is 2.32. The lowest BCUT2D eigenvalue weighted by molar-refractivity contribution is 1.51. The van der Waals surface area contributed by atoms with Gasteiger partial charge >= 0.3 is 0 Å². The first kappa shape index (κ1) is 9.79. The van der Waals surface area contributed by atoms with E-state index < -0.39 is 0 Å². The molecule has 0 atom stereocenters. The van der Waals surface area contributed by atoms with Gasteiger partial charge in [-0.25, -0.2) is 0 Å². The van der Waals surface area contributed by atoms with Crippen LogP contribution < -0.4 is 0 Å². The second-order valence-electron chi connectivity index (χ2n) is 3.06. The van der Waals surface area contributed by atoms with Crippen molar-refractivity contribution in [2.75, 3.05) is 0 Å². The van der Waals surface area contributed by atoms with Crippen LogP contribution in [0.5, 0.6) is 0 Å². The molecule has 0 bridgehead atoms. The minimum absolute atomic E-state index is 1.29. The number of allylic oxidation sites excluding steroid dienone is 3. The Hall–Kier alpha value is -1.30. The van der Waals surface area contributed by atoms with Crippen molar-refractivity contribution in [2.24, 2.45) is 0 Å². The molecule has 68 valence electrons. The highest BCUT2D eigenvalue weighted by Crippen LogP contribution is 2.19. The average molecular weight is 172 g/mol. The molecule has 0 unspecified atom stereocenters. The van der Waals surface area contributed by atoms with E-state index in [4.69, 9.17) is 0 Å². The summed E-state index contributed by atoms with van der Waals surface area (Å²) < 4.78 is 0. The van der Waals surface area contributed by atoms with Crippen LogP contribution in [0.2, 0.25) is 0 Å². The van der Waals surface area contributed by atoms with Gasteiger partial charge in [0, 0.05) is 0 Å². The number of benzene rings is 1. The van der Waals surface area contributed by atoms with Crippen molar-refractivity contribution < 1.29 is 0 Å². The number of rotatable bonds is 2. The van der Waals surface area contributed by atoms with E-state index in [1.165, 1.54) is 16.7 Å². The van der Waals surface area contributed by atoms with E-state index in [-0.39, 0.29) is 0 Å². The second-order valence-corrected chi connectivity index (χ2v) is 3.06. The summed E-state index contributed by atoms with van der Waals surface area (Å²) in [5, 5.41) is 0. The second kappa shape index (κ2) is 4.66. The molecule has 0 heteroatoms. The molecule has 13 heavy (non-hydrogen) atoms. The molecule has 0 fully saturated rings. The van der Waals surface area contributed by atoms with E-state index in [2.05, 4.69) is 56.3 Å². The fourth-order valence-corrected chi connectivity index (χ4v) is 1.34. The summed E-state index contributed by atoms with van der Waals surface area (Å²) >= 11 is 0. The molecular weight excluding hydrogens is 156 g/mol. The van der Waals surface area contributed by atoms with Gasteiger partial charge in [-0.2, -0.15) is 0 Å². The van der Waals surface area contributed by atoms with Crippen molar-refractivity contribution in [1.29, 1.82) is 0 Å². The lowest BCUT2D eigenvalue weighted by atomic mass is 10.0. The highest BCUT2D eigenvalue weighted by Gasteiger charge is 1.98. The van der Waals surface area contributed by atoms with Crippen LogP contribution in [0.4, 0.5) is 0 Å². The molecule has 1 rings (SSSR count). The van der Waals surface area contributed by atoms with Crippen molar-refractivity contribution in [3.8, 4) is 0 Å². The summed E-state index contributed by atoms with van der Waals surface area (Å²) in [5.41, 5.74) is 3.94. The molecule has 0 N–H and O–H groups in total. The third-order valence-electron chi connectivity index (χ3n) is 2.16. The standard InChI is InChI=1S/C13H16/c1-4-8-12-9-6-7-10-13(12)11(3)5-2/h4-10H,1-3H3/b8-4-,11-5-. The van der Waals surface area contributed by atoms with Gasteiger partial charge < -0.3 is 0 Å². The summed E-state index contributed by atoms with van der Waals surface area (Å²) in [5.74, 6) is 0. The zero-order valence-corrected chi connectivity index (χ0v) is 8.54. The molecule has 1 aromatic rings. The van der Waals surface area contributed by atoms with Gasteiger partial charge in [-0.1, -0.05) is 42.5 Å². The Labute approximate surface area is 80.6 Å². The molecule has 0 nitrogen and oxygen atoms in total. The van der Waals surface area contributed by atoms with Gasteiger partial charge in [0.15, 0.2) is 0 Å². The Bertz CT molecular complexity index is 330. The topological polar surface area (TPSA) is 0 Å². The van der Waals surface area contributed by atoms with Crippen LogP contribution in [-0.2, 0) is 0 Å². The first-order valence-electron chi connectivity index (χ1n) is 4.64. The minimum atomic E-state index is 1.29. The maximum absolute atomic E-state index is 2.16. The maximum atomic E-state index is 2.16. The summed E-state index contributed by atoms with van der Waals surface area (Å²) in [6.45, 7) is 6.26. The molecule has 0 aliphatic heterocycles. The highest BCUT2D eigenvalue weighted by molar-refractivity contribution is 5.72. The van der Waals surface area contributed by atoms with E-state index >= 15 is 0 Å². The zero-order valence-electron chi connectivity index (χ0n) is 8.54. The molecule has 0 heterocycles. The molecule has 0 radical (unpaired) electrons. The first-order valence-corrected chi connectivity index (χ1v) is 4.64. The molecule has 0 saturated carbocycles. The van der Waals surface area contributed by atoms with Gasteiger partial charge in [0.05, 0.1) is 0 Å². The van der Waals surface area contributed by atoms with E-state index in [0.717, 1.165) is 0 Å². The van der Waals surface area contributed by atoms with Gasteiger partial charge in [0.2, 0.25) is 0 Å². The van der Waals surface area contributed by atoms with Crippen LogP contribution in [0.15, 0.2) is 36.4 Å². The summed E-state index contributed by atoms with van der Waals surface area (Å²) in [6, 6.07) is 8.45. The van der Waals surface area contributed by atoms with Crippen LogP contribution in [-0.4, -0.2) is 0 Å².